The molecule has 8 heteroatoms. The van der Waals surface area contributed by atoms with E-state index in [0.29, 0.717) is 41.0 Å². The fourth-order valence-electron chi connectivity index (χ4n) is 2.74. The molecule has 0 saturated carbocycles. The molecule has 0 spiro atoms. The number of hydrogen-bond donors (Lipinski definition) is 0. The molecule has 0 unspecified atom stereocenters. The van der Waals surface area contributed by atoms with E-state index in [1.54, 1.807) is 25.6 Å². The van der Waals surface area contributed by atoms with Crippen LogP contribution in [0.2, 0.25) is 0 Å². The third-order valence-electron chi connectivity index (χ3n) is 3.99. The number of aromatic nitrogens is 2. The Labute approximate surface area is 176 Å². The molecule has 0 amide bonds. The summed E-state index contributed by atoms with van der Waals surface area (Å²) in [6, 6.07) is 9.67. The molecule has 1 aliphatic rings. The standard InChI is InChI=1S/C20H15N3O3S.BrH/c1-24-17-9-13(10-18-19(17)26-7-6-25-18)8-15(11-21)20-23-16(12-27-20)14-2-4-22-5-3-14;/h2-5,8-10,12H,6-7H2,1H3;1H. The maximum absolute atomic E-state index is 9.64. The summed E-state index contributed by atoms with van der Waals surface area (Å²) in [5.41, 5.74) is 3.04. The molecule has 3 heterocycles. The quantitative estimate of drug-likeness (QED) is 0.531. The maximum atomic E-state index is 9.64. The van der Waals surface area contributed by atoms with Gasteiger partial charge < -0.3 is 14.2 Å². The number of thiazole rings is 1. The molecule has 0 aliphatic carbocycles. The molecule has 6 nitrogen and oxygen atoms in total. The zero-order chi connectivity index (χ0) is 18.6. The fourth-order valence-corrected chi connectivity index (χ4v) is 3.53. The molecule has 1 aromatic carbocycles. The average Bonchev–Trinajstić information content (AvgIpc) is 3.22. The number of pyridine rings is 1. The highest BCUT2D eigenvalue weighted by atomic mass is 79.9. The molecule has 0 N–H and O–H groups in total. The van der Waals surface area contributed by atoms with Crippen LogP contribution in [0.25, 0.3) is 22.9 Å². The van der Waals surface area contributed by atoms with Crippen LogP contribution < -0.4 is 14.2 Å². The van der Waals surface area contributed by atoms with Crippen LogP contribution in [0, 0.1) is 11.3 Å². The van der Waals surface area contributed by atoms with Gasteiger partial charge >= 0.3 is 0 Å². The Morgan fingerprint density at radius 1 is 1.25 bits per heavy atom. The van der Waals surface area contributed by atoms with Crippen LogP contribution in [-0.4, -0.2) is 30.3 Å². The Morgan fingerprint density at radius 3 is 2.79 bits per heavy atom. The molecule has 142 valence electrons. The monoisotopic (exact) mass is 457 g/mol. The molecule has 0 atom stereocenters. The number of fused-ring (bicyclic) bond motifs is 1. The Hall–Kier alpha value is -2.89. The highest BCUT2D eigenvalue weighted by Gasteiger charge is 2.18. The highest BCUT2D eigenvalue weighted by molar-refractivity contribution is 8.93. The third kappa shape index (κ3) is 4.01. The second-order valence-corrected chi connectivity index (χ2v) is 6.55. The first-order valence-corrected chi connectivity index (χ1v) is 9.12. The normalized spacial score (nSPS) is 12.6. The van der Waals surface area contributed by atoms with Crippen molar-refractivity contribution in [3.8, 4) is 34.6 Å². The summed E-state index contributed by atoms with van der Waals surface area (Å²) in [5, 5.41) is 12.2. The minimum absolute atomic E-state index is 0. The zero-order valence-electron chi connectivity index (χ0n) is 14.9. The van der Waals surface area contributed by atoms with Gasteiger partial charge in [0, 0.05) is 23.3 Å². The summed E-state index contributed by atoms with van der Waals surface area (Å²) >= 11 is 1.43. The molecule has 1 aliphatic heterocycles. The number of benzene rings is 1. The molecule has 0 saturated heterocycles. The minimum atomic E-state index is 0. The number of ether oxygens (including phenoxy) is 3. The topological polar surface area (TPSA) is 77.3 Å². The lowest BCUT2D eigenvalue weighted by atomic mass is 10.1. The van der Waals surface area contributed by atoms with E-state index < -0.39 is 0 Å². The van der Waals surface area contributed by atoms with Crippen LogP contribution in [0.5, 0.6) is 17.2 Å². The van der Waals surface area contributed by atoms with Gasteiger partial charge in [0.05, 0.1) is 18.4 Å². The van der Waals surface area contributed by atoms with Crippen molar-refractivity contribution < 1.29 is 14.2 Å². The summed E-state index contributed by atoms with van der Waals surface area (Å²) in [5.74, 6) is 1.78. The predicted molar refractivity (Wildman–Crippen MR) is 113 cm³/mol. The summed E-state index contributed by atoms with van der Waals surface area (Å²) in [4.78, 5) is 8.60. The van der Waals surface area contributed by atoms with Gasteiger partial charge in [0.1, 0.15) is 24.3 Å². The Morgan fingerprint density at radius 2 is 2.04 bits per heavy atom. The van der Waals surface area contributed by atoms with Crippen LogP contribution >= 0.6 is 28.3 Å². The summed E-state index contributed by atoms with van der Waals surface area (Å²) in [7, 11) is 1.58. The Kier molecular flexibility index (Phi) is 6.29. The lowest BCUT2D eigenvalue weighted by Gasteiger charge is -2.21. The van der Waals surface area contributed by atoms with E-state index in [9.17, 15) is 5.26 Å². The van der Waals surface area contributed by atoms with Gasteiger partial charge in [-0.2, -0.15) is 5.26 Å². The molecule has 0 radical (unpaired) electrons. The maximum Gasteiger partial charge on any atom is 0.203 e. The van der Waals surface area contributed by atoms with E-state index in [-0.39, 0.29) is 17.0 Å². The van der Waals surface area contributed by atoms with E-state index in [1.165, 1.54) is 11.3 Å². The van der Waals surface area contributed by atoms with Crippen LogP contribution in [0.15, 0.2) is 42.0 Å². The van der Waals surface area contributed by atoms with E-state index in [2.05, 4.69) is 16.0 Å². The van der Waals surface area contributed by atoms with Gasteiger partial charge in [-0.1, -0.05) is 0 Å². The largest absolute Gasteiger partial charge is 0.493 e. The lowest BCUT2D eigenvalue weighted by molar-refractivity contribution is 0.165. The van der Waals surface area contributed by atoms with E-state index in [1.807, 2.05) is 29.6 Å². The van der Waals surface area contributed by atoms with Crippen molar-refractivity contribution in [2.24, 2.45) is 0 Å². The average molecular weight is 458 g/mol. The lowest BCUT2D eigenvalue weighted by Crippen LogP contribution is -2.16. The number of halogens is 1. The smallest absolute Gasteiger partial charge is 0.203 e. The fraction of sp³-hybridized carbons (Fsp3) is 0.150. The molecular formula is C20H16BrN3O3S. The molecule has 2 aromatic heterocycles. The molecular weight excluding hydrogens is 442 g/mol. The number of nitriles is 1. The summed E-state index contributed by atoms with van der Waals surface area (Å²) in [6.07, 6.45) is 5.21. The van der Waals surface area contributed by atoms with Crippen LogP contribution in [0.4, 0.5) is 0 Å². The number of nitrogens with zero attached hydrogens (tertiary/aromatic N) is 3. The molecule has 28 heavy (non-hydrogen) atoms. The Balaban J connectivity index is 0.00000225. The van der Waals surface area contributed by atoms with Crippen molar-refractivity contribution in [3.63, 3.8) is 0 Å². The van der Waals surface area contributed by atoms with Crippen molar-refractivity contribution in [2.75, 3.05) is 20.3 Å². The molecule has 0 fully saturated rings. The summed E-state index contributed by atoms with van der Waals surface area (Å²) in [6.45, 7) is 0.967. The predicted octanol–water partition coefficient (Wildman–Crippen LogP) is 4.63. The van der Waals surface area contributed by atoms with Gasteiger partial charge in [-0.15, -0.1) is 28.3 Å². The molecule has 4 rings (SSSR count). The second kappa shape index (κ2) is 8.87. The van der Waals surface area contributed by atoms with Gasteiger partial charge in [0.15, 0.2) is 11.5 Å². The first kappa shape index (κ1) is 19.9. The number of rotatable bonds is 4. The first-order valence-electron chi connectivity index (χ1n) is 8.24. The molecule has 3 aromatic rings. The van der Waals surface area contributed by atoms with Gasteiger partial charge in [-0.3, -0.25) is 4.98 Å². The summed E-state index contributed by atoms with van der Waals surface area (Å²) < 4.78 is 16.7. The van der Waals surface area contributed by atoms with Crippen molar-refractivity contribution >= 4 is 40.0 Å². The second-order valence-electron chi connectivity index (χ2n) is 5.69. The SMILES string of the molecule is Br.COc1cc(C=C(C#N)c2nc(-c3ccncc3)cs2)cc2c1OCCO2. The highest BCUT2D eigenvalue weighted by Crippen LogP contribution is 2.41. The van der Waals surface area contributed by atoms with Crippen LogP contribution in [-0.2, 0) is 0 Å². The number of hydrogen-bond acceptors (Lipinski definition) is 7. The van der Waals surface area contributed by atoms with Gasteiger partial charge in [0.2, 0.25) is 5.75 Å². The number of allylic oxidation sites excluding steroid dienone is 1. The first-order chi connectivity index (χ1) is 13.3. The van der Waals surface area contributed by atoms with E-state index in [0.717, 1.165) is 16.8 Å². The van der Waals surface area contributed by atoms with Crippen molar-refractivity contribution in [1.29, 1.82) is 5.26 Å². The minimum Gasteiger partial charge on any atom is -0.493 e. The van der Waals surface area contributed by atoms with Crippen molar-refractivity contribution in [1.82, 2.24) is 9.97 Å². The van der Waals surface area contributed by atoms with Gasteiger partial charge in [-0.25, -0.2) is 4.98 Å². The van der Waals surface area contributed by atoms with Crippen LogP contribution in [0.3, 0.4) is 0 Å². The van der Waals surface area contributed by atoms with Crippen molar-refractivity contribution in [3.05, 3.63) is 52.6 Å². The van der Waals surface area contributed by atoms with E-state index in [4.69, 9.17) is 14.2 Å². The zero-order valence-corrected chi connectivity index (χ0v) is 17.4. The van der Waals surface area contributed by atoms with Crippen LogP contribution in [0.1, 0.15) is 10.6 Å². The van der Waals surface area contributed by atoms with Gasteiger partial charge in [-0.05, 0) is 35.9 Å². The van der Waals surface area contributed by atoms with E-state index >= 15 is 0 Å². The number of methoxy groups -OCH3 is 1. The van der Waals surface area contributed by atoms with Crippen molar-refractivity contribution in [2.45, 2.75) is 0 Å². The van der Waals surface area contributed by atoms with Gasteiger partial charge in [0.25, 0.3) is 0 Å². The Bertz CT molecular complexity index is 1030. The third-order valence-corrected chi connectivity index (χ3v) is 4.87. The molecule has 0 bridgehead atoms.